The van der Waals surface area contributed by atoms with E-state index in [2.05, 4.69) is 22.3 Å². The van der Waals surface area contributed by atoms with Crippen molar-refractivity contribution in [2.24, 2.45) is 35.0 Å². The molecule has 1 heterocycles. The highest BCUT2D eigenvalue weighted by atomic mass is 19.1. The zero-order valence-electron chi connectivity index (χ0n) is 17.3. The van der Waals surface area contributed by atoms with Gasteiger partial charge < -0.3 is 10.2 Å². The molecule has 0 spiro atoms. The molecule has 29 heavy (non-hydrogen) atoms. The second-order valence-corrected chi connectivity index (χ2v) is 10.4. The molecule has 4 fully saturated rings. The molecular weight excluding hydrogens is 371 g/mol. The summed E-state index contributed by atoms with van der Waals surface area (Å²) >= 11 is 0. The molecule has 4 saturated carbocycles. The van der Waals surface area contributed by atoms with E-state index in [4.69, 9.17) is 0 Å². The first-order valence-corrected chi connectivity index (χ1v) is 11.3. The summed E-state index contributed by atoms with van der Waals surface area (Å²) in [5, 5.41) is 33.0. The van der Waals surface area contributed by atoms with Gasteiger partial charge in [0.1, 0.15) is 19.0 Å². The van der Waals surface area contributed by atoms with Crippen LogP contribution in [0.15, 0.2) is 17.7 Å². The molecule has 2 N–H and O–H groups in total. The lowest BCUT2D eigenvalue weighted by atomic mass is 9.49. The number of hydrogen-bond donors (Lipinski definition) is 2. The molecular formula is C22H33FN4O2. The van der Waals surface area contributed by atoms with E-state index in [1.165, 1.54) is 29.5 Å². The molecule has 0 saturated heterocycles. The molecule has 0 bridgehead atoms. The Balaban J connectivity index is 1.35. The van der Waals surface area contributed by atoms with Gasteiger partial charge in [-0.15, -0.1) is 10.2 Å². The van der Waals surface area contributed by atoms with Gasteiger partial charge in [0.15, 0.2) is 6.33 Å². The fraction of sp³-hybridized carbons (Fsp3) is 0.864. The topological polar surface area (TPSA) is 84.1 Å². The highest BCUT2D eigenvalue weighted by Gasteiger charge is 2.56. The van der Waals surface area contributed by atoms with E-state index in [1.54, 1.807) is 0 Å². The molecule has 6 nitrogen and oxygen atoms in total. The first kappa shape index (κ1) is 19.5. The van der Waals surface area contributed by atoms with Gasteiger partial charge in [-0.05, 0) is 104 Å². The number of fused-ring (bicyclic) bond motifs is 5. The van der Waals surface area contributed by atoms with Crippen LogP contribution in [0, 0.1) is 35.0 Å². The Morgan fingerprint density at radius 1 is 1.17 bits per heavy atom. The Kier molecular flexibility index (Phi) is 4.72. The van der Waals surface area contributed by atoms with E-state index in [1.807, 2.05) is 0 Å². The van der Waals surface area contributed by atoms with Crippen molar-refractivity contribution in [3.63, 3.8) is 0 Å². The van der Waals surface area contributed by atoms with Crippen molar-refractivity contribution >= 4 is 0 Å². The maximum atomic E-state index is 13.3. The molecule has 160 valence electrons. The quantitative estimate of drug-likeness (QED) is 0.748. The lowest BCUT2D eigenvalue weighted by Gasteiger charge is -2.56. The summed E-state index contributed by atoms with van der Waals surface area (Å²) in [5.74, 6) is 3.57. The summed E-state index contributed by atoms with van der Waals surface area (Å²) in [7, 11) is 0. The molecule has 0 unspecified atom stereocenters. The van der Waals surface area contributed by atoms with Gasteiger partial charge in [0, 0.05) is 0 Å². The van der Waals surface area contributed by atoms with Crippen LogP contribution in [0.1, 0.15) is 64.7 Å². The van der Waals surface area contributed by atoms with E-state index in [0.29, 0.717) is 54.7 Å². The Morgan fingerprint density at radius 2 is 2.00 bits per heavy atom. The van der Waals surface area contributed by atoms with Crippen molar-refractivity contribution < 1.29 is 14.6 Å². The van der Waals surface area contributed by atoms with Gasteiger partial charge in [-0.3, -0.25) is 0 Å². The summed E-state index contributed by atoms with van der Waals surface area (Å²) in [5.41, 5.74) is 0.199. The van der Waals surface area contributed by atoms with Gasteiger partial charge >= 0.3 is 0 Å². The van der Waals surface area contributed by atoms with Gasteiger partial charge in [-0.1, -0.05) is 6.92 Å². The fourth-order valence-electron chi connectivity index (χ4n) is 7.86. The van der Waals surface area contributed by atoms with E-state index >= 15 is 0 Å². The van der Waals surface area contributed by atoms with Crippen molar-refractivity contribution in [3.8, 4) is 0 Å². The number of rotatable bonds is 3. The molecule has 0 aliphatic heterocycles. The van der Waals surface area contributed by atoms with E-state index in [9.17, 15) is 14.6 Å². The second kappa shape index (κ2) is 7.03. The number of halogens is 1. The molecule has 4 aliphatic rings. The summed E-state index contributed by atoms with van der Waals surface area (Å²) in [6.07, 6.45) is 10.3. The van der Waals surface area contributed by atoms with Gasteiger partial charge in [-0.25, -0.2) is 4.39 Å². The molecule has 0 amide bonds. The normalized spacial score (nSPS) is 46.0. The van der Waals surface area contributed by atoms with Crippen LogP contribution in [0.5, 0.6) is 0 Å². The largest absolute Gasteiger partial charge is 0.510 e. The second-order valence-electron chi connectivity index (χ2n) is 10.4. The van der Waals surface area contributed by atoms with Crippen LogP contribution in [-0.4, -0.2) is 42.7 Å². The predicted octanol–water partition coefficient (Wildman–Crippen LogP) is 3.84. The average Bonchev–Trinajstić information content (AvgIpc) is 3.34. The standard InChI is InChI=1S/C22H33FN4O2/c1-21-8-6-16-15-7-9-22(29,12-23)10-14(15)2-3-17(16)18(21)4-5-19(21)20(28)11-27-25-13-24-26-27/h13-18,28-29H,2-12H2,1H3/b20-19+/t14-,15-,16+,17+,18-,21-,22-/m0/s1. The van der Waals surface area contributed by atoms with Crippen LogP contribution in [0.3, 0.4) is 0 Å². The molecule has 0 aromatic carbocycles. The van der Waals surface area contributed by atoms with Crippen molar-refractivity contribution in [2.45, 2.75) is 76.9 Å². The lowest BCUT2D eigenvalue weighted by molar-refractivity contribution is -0.104. The molecule has 1 aromatic heterocycles. The van der Waals surface area contributed by atoms with Crippen LogP contribution < -0.4 is 0 Å². The van der Waals surface area contributed by atoms with Gasteiger partial charge in [-0.2, -0.15) is 4.80 Å². The van der Waals surface area contributed by atoms with Crippen LogP contribution in [0.4, 0.5) is 4.39 Å². The molecule has 1 aromatic rings. The number of aliphatic hydroxyl groups is 2. The molecule has 5 rings (SSSR count). The zero-order chi connectivity index (χ0) is 20.2. The van der Waals surface area contributed by atoms with Gasteiger partial charge in [0.05, 0.1) is 5.60 Å². The maximum absolute atomic E-state index is 13.3. The van der Waals surface area contributed by atoms with Crippen LogP contribution in [0.25, 0.3) is 0 Å². The third kappa shape index (κ3) is 3.11. The van der Waals surface area contributed by atoms with Crippen molar-refractivity contribution in [2.75, 3.05) is 6.67 Å². The smallest absolute Gasteiger partial charge is 0.162 e. The summed E-state index contributed by atoms with van der Waals surface area (Å²) in [4.78, 5) is 1.45. The Morgan fingerprint density at radius 3 is 2.76 bits per heavy atom. The summed E-state index contributed by atoms with van der Waals surface area (Å²) < 4.78 is 13.3. The summed E-state index contributed by atoms with van der Waals surface area (Å²) in [6, 6.07) is 0. The number of hydrogen-bond acceptors (Lipinski definition) is 5. The number of tetrazole rings is 1. The molecule has 0 radical (unpaired) electrons. The highest BCUT2D eigenvalue weighted by Crippen LogP contribution is 2.64. The number of allylic oxidation sites excluding steroid dienone is 2. The lowest BCUT2D eigenvalue weighted by Crippen LogP contribution is -2.51. The fourth-order valence-corrected chi connectivity index (χ4v) is 7.86. The monoisotopic (exact) mass is 404 g/mol. The van der Waals surface area contributed by atoms with Crippen LogP contribution in [-0.2, 0) is 6.54 Å². The Labute approximate surface area is 171 Å². The van der Waals surface area contributed by atoms with Crippen molar-refractivity contribution in [3.05, 3.63) is 17.7 Å². The minimum atomic E-state index is -1.07. The van der Waals surface area contributed by atoms with Crippen LogP contribution >= 0.6 is 0 Å². The first-order chi connectivity index (χ1) is 13.9. The number of alkyl halides is 1. The van der Waals surface area contributed by atoms with E-state index in [0.717, 1.165) is 32.1 Å². The number of nitrogens with zero attached hydrogens (tertiary/aromatic N) is 4. The molecule has 4 aliphatic carbocycles. The minimum absolute atomic E-state index is 0.0625. The third-order valence-corrected chi connectivity index (χ3v) is 9.17. The SMILES string of the molecule is C[C@]12CC[C@H]3[C@@H](CC[C@H]4C[C@](O)(CF)CC[C@@H]43)[C@@H]1CC/C2=C(\O)Cn1ncnn1. The Bertz CT molecular complexity index is 784. The van der Waals surface area contributed by atoms with E-state index < -0.39 is 12.3 Å². The van der Waals surface area contributed by atoms with Crippen LogP contribution in [0.2, 0.25) is 0 Å². The number of aliphatic hydroxyl groups excluding tert-OH is 1. The van der Waals surface area contributed by atoms with Crippen molar-refractivity contribution in [1.29, 1.82) is 0 Å². The minimum Gasteiger partial charge on any atom is -0.510 e. The summed E-state index contributed by atoms with van der Waals surface area (Å²) in [6.45, 7) is 2.06. The predicted molar refractivity (Wildman–Crippen MR) is 106 cm³/mol. The average molecular weight is 405 g/mol. The molecule has 7 atom stereocenters. The third-order valence-electron chi connectivity index (χ3n) is 9.17. The van der Waals surface area contributed by atoms with E-state index in [-0.39, 0.29) is 5.41 Å². The van der Waals surface area contributed by atoms with Gasteiger partial charge in [0.25, 0.3) is 0 Å². The maximum Gasteiger partial charge on any atom is 0.162 e. The zero-order valence-corrected chi connectivity index (χ0v) is 17.3. The first-order valence-electron chi connectivity index (χ1n) is 11.3. The van der Waals surface area contributed by atoms with Gasteiger partial charge in [0.2, 0.25) is 0 Å². The number of aromatic nitrogens is 4. The Hall–Kier alpha value is -1.50. The van der Waals surface area contributed by atoms with Crippen molar-refractivity contribution in [1.82, 2.24) is 20.2 Å². The highest BCUT2D eigenvalue weighted by molar-refractivity contribution is 5.26. The molecule has 7 heteroatoms.